The number of alkyl halides is 3. The van der Waals surface area contributed by atoms with E-state index >= 15 is 0 Å². The summed E-state index contributed by atoms with van der Waals surface area (Å²) in [7, 11) is 0. The van der Waals surface area contributed by atoms with E-state index in [1.165, 1.54) is 6.26 Å². The molecule has 2 aromatic heterocycles. The molecule has 0 aromatic carbocycles. The van der Waals surface area contributed by atoms with Crippen LogP contribution in [0.4, 0.5) is 13.2 Å². The number of rotatable bonds is 3. The molecular formula is C12H8ClF3N2O3. The van der Waals surface area contributed by atoms with Crippen LogP contribution in [0.5, 0.6) is 0 Å². The summed E-state index contributed by atoms with van der Waals surface area (Å²) in [6, 6.07) is 0.542. The van der Waals surface area contributed by atoms with E-state index in [2.05, 4.69) is 14.7 Å². The summed E-state index contributed by atoms with van der Waals surface area (Å²) in [6.07, 6.45) is -2.57. The Morgan fingerprint density at radius 2 is 2.19 bits per heavy atom. The molecule has 2 heterocycles. The summed E-state index contributed by atoms with van der Waals surface area (Å²) in [5.41, 5.74) is -0.624. The van der Waals surface area contributed by atoms with E-state index in [-0.39, 0.29) is 11.6 Å². The molecular weight excluding hydrogens is 313 g/mol. The Morgan fingerprint density at radius 1 is 1.48 bits per heavy atom. The fourth-order valence-corrected chi connectivity index (χ4v) is 1.59. The Kier molecular flexibility index (Phi) is 4.17. The van der Waals surface area contributed by atoms with Gasteiger partial charge in [-0.25, -0.2) is 4.79 Å². The molecule has 2 rings (SSSR count). The van der Waals surface area contributed by atoms with Gasteiger partial charge in [-0.1, -0.05) is 16.8 Å². The third-order valence-electron chi connectivity index (χ3n) is 2.55. The highest BCUT2D eigenvalue weighted by Crippen LogP contribution is 2.30. The van der Waals surface area contributed by atoms with Crippen LogP contribution in [0.2, 0.25) is 5.02 Å². The quantitative estimate of drug-likeness (QED) is 0.811. The second kappa shape index (κ2) is 5.72. The molecule has 0 aliphatic heterocycles. The number of nitrogens with zero attached hydrogens (tertiary/aromatic N) is 2. The Balaban J connectivity index is 2.17. The Labute approximate surface area is 121 Å². The van der Waals surface area contributed by atoms with Crippen molar-refractivity contribution in [2.24, 2.45) is 0 Å². The van der Waals surface area contributed by atoms with E-state index < -0.39 is 23.4 Å². The van der Waals surface area contributed by atoms with E-state index in [1.54, 1.807) is 6.92 Å². The van der Waals surface area contributed by atoms with Crippen LogP contribution in [0.3, 0.4) is 0 Å². The molecule has 0 atom stereocenters. The first-order valence-corrected chi connectivity index (χ1v) is 5.96. The first kappa shape index (κ1) is 15.3. The van der Waals surface area contributed by atoms with Crippen LogP contribution in [0.25, 0.3) is 0 Å². The van der Waals surface area contributed by atoms with E-state index in [0.717, 1.165) is 6.20 Å². The largest absolute Gasteiger partial charge is 0.455 e. The van der Waals surface area contributed by atoms with Gasteiger partial charge in [0.25, 0.3) is 0 Å². The maximum atomic E-state index is 12.5. The number of aromatic nitrogens is 2. The number of carbonyl (C=O) groups excluding carboxylic acids is 1. The minimum atomic E-state index is -4.68. The number of esters is 1. The minimum Gasteiger partial charge on any atom is -0.455 e. The highest BCUT2D eigenvalue weighted by atomic mass is 35.5. The van der Waals surface area contributed by atoms with Crippen LogP contribution in [0.15, 0.2) is 23.0 Å². The molecule has 0 aliphatic rings. The van der Waals surface area contributed by atoms with Crippen molar-refractivity contribution in [1.29, 1.82) is 0 Å². The molecule has 0 saturated carbocycles. The highest BCUT2D eigenvalue weighted by Gasteiger charge is 2.33. The first-order valence-electron chi connectivity index (χ1n) is 5.58. The summed E-state index contributed by atoms with van der Waals surface area (Å²) in [5, 5.41) is 3.35. The van der Waals surface area contributed by atoms with E-state index in [4.69, 9.17) is 16.3 Å². The number of halogens is 4. The van der Waals surface area contributed by atoms with Gasteiger partial charge in [0.2, 0.25) is 0 Å². The lowest BCUT2D eigenvalue weighted by Crippen LogP contribution is -2.12. The first-order chi connectivity index (χ1) is 9.79. The number of hydrogen-bond donors (Lipinski definition) is 0. The fraction of sp³-hybridized carbons (Fsp3) is 0.250. The van der Waals surface area contributed by atoms with E-state index in [0.29, 0.717) is 17.3 Å². The summed E-state index contributed by atoms with van der Waals surface area (Å²) in [4.78, 5) is 14.9. The standard InChI is InChI=1S/C12H8ClF3N2O3/c1-6-4-21-18-9(6)5-20-11(19)7-2-10(12(14,15)16)17-3-8(7)13/h2-4H,5H2,1H3. The lowest BCUT2D eigenvalue weighted by atomic mass is 10.2. The van der Waals surface area contributed by atoms with Crippen LogP contribution in [0.1, 0.15) is 27.3 Å². The van der Waals surface area contributed by atoms with Crippen molar-refractivity contribution in [3.8, 4) is 0 Å². The molecule has 0 bridgehead atoms. The van der Waals surface area contributed by atoms with Crippen LogP contribution >= 0.6 is 11.6 Å². The zero-order valence-corrected chi connectivity index (χ0v) is 11.3. The van der Waals surface area contributed by atoms with Crippen molar-refractivity contribution >= 4 is 17.6 Å². The summed E-state index contributed by atoms with van der Waals surface area (Å²) in [6.45, 7) is 1.45. The molecule has 0 saturated heterocycles. The topological polar surface area (TPSA) is 65.2 Å². The van der Waals surface area contributed by atoms with Gasteiger partial charge in [0.1, 0.15) is 24.3 Å². The monoisotopic (exact) mass is 320 g/mol. The second-order valence-corrected chi connectivity index (χ2v) is 4.47. The molecule has 0 amide bonds. The molecule has 112 valence electrons. The normalized spacial score (nSPS) is 11.5. The SMILES string of the molecule is Cc1conc1COC(=O)c1cc(C(F)(F)F)ncc1Cl. The van der Waals surface area contributed by atoms with Crippen LogP contribution < -0.4 is 0 Å². The van der Waals surface area contributed by atoms with Crippen molar-refractivity contribution in [2.45, 2.75) is 19.7 Å². The van der Waals surface area contributed by atoms with E-state index in [9.17, 15) is 18.0 Å². The lowest BCUT2D eigenvalue weighted by molar-refractivity contribution is -0.141. The third kappa shape index (κ3) is 3.52. The number of ether oxygens (including phenoxy) is 1. The molecule has 0 spiro atoms. The fourth-order valence-electron chi connectivity index (χ4n) is 1.41. The molecule has 0 fully saturated rings. The smallest absolute Gasteiger partial charge is 0.433 e. The molecule has 0 radical (unpaired) electrons. The second-order valence-electron chi connectivity index (χ2n) is 4.07. The predicted octanol–water partition coefficient (Wildman–Crippen LogP) is 3.41. The van der Waals surface area contributed by atoms with Crippen LogP contribution in [-0.4, -0.2) is 16.1 Å². The lowest BCUT2D eigenvalue weighted by Gasteiger charge is -2.09. The van der Waals surface area contributed by atoms with Crippen molar-refractivity contribution in [2.75, 3.05) is 0 Å². The maximum Gasteiger partial charge on any atom is 0.433 e. The van der Waals surface area contributed by atoms with E-state index in [1.807, 2.05) is 0 Å². The average Bonchev–Trinajstić information content (AvgIpc) is 2.80. The highest BCUT2D eigenvalue weighted by molar-refractivity contribution is 6.33. The zero-order chi connectivity index (χ0) is 15.6. The van der Waals surface area contributed by atoms with Crippen molar-refractivity contribution in [3.63, 3.8) is 0 Å². The molecule has 0 unspecified atom stereocenters. The minimum absolute atomic E-state index is 0.232. The third-order valence-corrected chi connectivity index (χ3v) is 2.85. The van der Waals surface area contributed by atoms with Gasteiger partial charge < -0.3 is 9.26 Å². The molecule has 0 N–H and O–H groups in total. The van der Waals surface area contributed by atoms with Gasteiger partial charge in [0.05, 0.1) is 10.6 Å². The maximum absolute atomic E-state index is 12.5. The van der Waals surface area contributed by atoms with Gasteiger partial charge in [0.15, 0.2) is 0 Å². The van der Waals surface area contributed by atoms with Gasteiger partial charge >= 0.3 is 12.1 Å². The Bertz CT molecular complexity index is 670. The average molecular weight is 321 g/mol. The Hall–Kier alpha value is -2.09. The molecule has 5 nitrogen and oxygen atoms in total. The van der Waals surface area contributed by atoms with Crippen LogP contribution in [0, 0.1) is 6.92 Å². The Morgan fingerprint density at radius 3 is 2.76 bits per heavy atom. The number of aryl methyl sites for hydroxylation is 1. The van der Waals surface area contributed by atoms with Gasteiger partial charge in [-0.3, -0.25) is 4.98 Å². The predicted molar refractivity (Wildman–Crippen MR) is 64.6 cm³/mol. The van der Waals surface area contributed by atoms with Crippen molar-refractivity contribution < 1.29 is 27.2 Å². The number of hydrogen-bond acceptors (Lipinski definition) is 5. The van der Waals surface area contributed by atoms with Crippen molar-refractivity contribution in [3.05, 3.63) is 46.1 Å². The molecule has 9 heteroatoms. The zero-order valence-electron chi connectivity index (χ0n) is 10.6. The van der Waals surface area contributed by atoms with Gasteiger partial charge in [-0.15, -0.1) is 0 Å². The van der Waals surface area contributed by atoms with Crippen LogP contribution in [-0.2, 0) is 17.5 Å². The summed E-state index contributed by atoms with van der Waals surface area (Å²) in [5.74, 6) is -1.00. The molecule has 0 aliphatic carbocycles. The molecule has 21 heavy (non-hydrogen) atoms. The van der Waals surface area contributed by atoms with Gasteiger partial charge in [0, 0.05) is 11.8 Å². The number of carbonyl (C=O) groups is 1. The molecule has 2 aromatic rings. The van der Waals surface area contributed by atoms with Gasteiger partial charge in [-0.05, 0) is 13.0 Å². The summed E-state index contributed by atoms with van der Waals surface area (Å²) < 4.78 is 47.1. The summed E-state index contributed by atoms with van der Waals surface area (Å²) >= 11 is 5.67. The number of pyridine rings is 1. The van der Waals surface area contributed by atoms with Crippen molar-refractivity contribution in [1.82, 2.24) is 10.1 Å². The van der Waals surface area contributed by atoms with Gasteiger partial charge in [-0.2, -0.15) is 13.2 Å².